The molecule has 1 nitrogen and oxygen atoms in total. The molecule has 2 aromatic rings. The predicted octanol–water partition coefficient (Wildman–Crippen LogP) is 3.11. The number of H-pyrrole nitrogens is 1. The molecule has 1 heterocycles. The van der Waals surface area contributed by atoms with Crippen LogP contribution in [-0.4, -0.2) is 10.7 Å². The van der Waals surface area contributed by atoms with E-state index < -0.39 is 0 Å². The Morgan fingerprint density at radius 3 is 3.08 bits per heavy atom. The third kappa shape index (κ3) is 1.63. The summed E-state index contributed by atoms with van der Waals surface area (Å²) >= 11 is 4.13. The van der Waals surface area contributed by atoms with Gasteiger partial charge in [0.2, 0.25) is 0 Å². The van der Waals surface area contributed by atoms with Crippen molar-refractivity contribution in [1.82, 2.24) is 4.98 Å². The fourth-order valence-corrected chi connectivity index (χ4v) is 1.53. The van der Waals surface area contributed by atoms with Crippen molar-refractivity contribution in [2.45, 2.75) is 0 Å². The van der Waals surface area contributed by atoms with Gasteiger partial charge < -0.3 is 4.98 Å². The maximum absolute atomic E-state index is 4.13. The van der Waals surface area contributed by atoms with E-state index in [4.69, 9.17) is 0 Å². The number of rotatable bonds is 2. The first-order chi connectivity index (χ1) is 6.42. The maximum atomic E-state index is 4.13. The molecule has 1 aromatic heterocycles. The normalized spacial score (nSPS) is 11.5. The van der Waals surface area contributed by atoms with Crippen molar-refractivity contribution in [1.29, 1.82) is 0 Å². The van der Waals surface area contributed by atoms with Gasteiger partial charge in [-0.3, -0.25) is 0 Å². The van der Waals surface area contributed by atoms with Crippen molar-refractivity contribution < 1.29 is 0 Å². The highest BCUT2D eigenvalue weighted by Gasteiger charge is 1.96. The van der Waals surface area contributed by atoms with E-state index in [9.17, 15) is 0 Å². The zero-order valence-corrected chi connectivity index (χ0v) is 8.09. The highest BCUT2D eigenvalue weighted by atomic mass is 32.1. The summed E-state index contributed by atoms with van der Waals surface area (Å²) < 4.78 is 0. The van der Waals surface area contributed by atoms with E-state index in [1.807, 2.05) is 12.3 Å². The molecule has 13 heavy (non-hydrogen) atoms. The zero-order valence-electron chi connectivity index (χ0n) is 7.20. The van der Waals surface area contributed by atoms with Gasteiger partial charge >= 0.3 is 0 Å². The van der Waals surface area contributed by atoms with Gasteiger partial charge in [-0.05, 0) is 17.0 Å². The van der Waals surface area contributed by atoms with E-state index in [0.717, 1.165) is 5.75 Å². The first-order valence-corrected chi connectivity index (χ1v) is 4.88. The van der Waals surface area contributed by atoms with E-state index in [0.29, 0.717) is 0 Å². The number of aromatic amines is 1. The molecule has 1 aromatic carbocycles. The van der Waals surface area contributed by atoms with E-state index in [2.05, 4.69) is 48.0 Å². The largest absolute Gasteiger partial charge is 0.361 e. The minimum atomic E-state index is 0.775. The fourth-order valence-electron chi connectivity index (χ4n) is 1.43. The van der Waals surface area contributed by atoms with Crippen LogP contribution in [0.3, 0.4) is 0 Å². The molecule has 0 radical (unpaired) electrons. The van der Waals surface area contributed by atoms with Gasteiger partial charge in [-0.15, -0.1) is 0 Å². The Bertz CT molecular complexity index is 428. The number of nitrogens with one attached hydrogen (secondary N) is 1. The number of benzene rings is 1. The Morgan fingerprint density at radius 1 is 1.31 bits per heavy atom. The molecular formula is C11H11NS. The number of fused-ring (bicyclic) bond motifs is 1. The highest BCUT2D eigenvalue weighted by Crippen LogP contribution is 2.17. The number of hydrogen-bond donors (Lipinski definition) is 2. The molecule has 0 spiro atoms. The zero-order chi connectivity index (χ0) is 9.10. The Kier molecular flexibility index (Phi) is 2.41. The van der Waals surface area contributed by atoms with E-state index in [-0.39, 0.29) is 0 Å². The van der Waals surface area contributed by atoms with Gasteiger partial charge in [0.05, 0.1) is 5.52 Å². The van der Waals surface area contributed by atoms with Gasteiger partial charge in [-0.25, -0.2) is 0 Å². The third-order valence-electron chi connectivity index (χ3n) is 2.02. The smallest absolute Gasteiger partial charge is 0.0527 e. The van der Waals surface area contributed by atoms with Crippen molar-refractivity contribution in [2.24, 2.45) is 0 Å². The number of para-hydroxylation sites is 1. The Morgan fingerprint density at radius 2 is 2.23 bits per heavy atom. The monoisotopic (exact) mass is 189 g/mol. The minimum absolute atomic E-state index is 0.775. The van der Waals surface area contributed by atoms with Crippen molar-refractivity contribution in [3.63, 3.8) is 0 Å². The molecule has 1 N–H and O–H groups in total. The maximum Gasteiger partial charge on any atom is 0.0527 e. The van der Waals surface area contributed by atoms with Gasteiger partial charge in [-0.1, -0.05) is 30.4 Å². The first-order valence-electron chi connectivity index (χ1n) is 4.25. The summed E-state index contributed by atoms with van der Waals surface area (Å²) in [4.78, 5) is 3.22. The molecule has 0 unspecified atom stereocenters. The van der Waals surface area contributed by atoms with E-state index >= 15 is 0 Å². The van der Waals surface area contributed by atoms with E-state index in [1.54, 1.807) is 0 Å². The van der Waals surface area contributed by atoms with Crippen molar-refractivity contribution in [3.8, 4) is 0 Å². The Labute approximate surface area is 82.9 Å². The van der Waals surface area contributed by atoms with Crippen LogP contribution in [0.4, 0.5) is 0 Å². The second kappa shape index (κ2) is 3.71. The summed E-state index contributed by atoms with van der Waals surface area (Å²) in [5.74, 6) is 0.775. The standard InChI is InChI=1S/C11H11NS/c13-8-2-5-9-3-1-4-10-6-7-12-11(9)10/h1-7,12-13H,8H2. The summed E-state index contributed by atoms with van der Waals surface area (Å²) in [6.45, 7) is 0. The molecule has 0 aliphatic carbocycles. The average molecular weight is 189 g/mol. The average Bonchev–Trinajstić information content (AvgIpc) is 2.62. The van der Waals surface area contributed by atoms with Crippen LogP contribution < -0.4 is 0 Å². The molecular weight excluding hydrogens is 178 g/mol. The quantitative estimate of drug-likeness (QED) is 0.675. The number of aromatic nitrogens is 1. The van der Waals surface area contributed by atoms with Crippen LogP contribution in [0.25, 0.3) is 17.0 Å². The minimum Gasteiger partial charge on any atom is -0.361 e. The lowest BCUT2D eigenvalue weighted by molar-refractivity contribution is 1.47. The number of hydrogen-bond acceptors (Lipinski definition) is 1. The van der Waals surface area contributed by atoms with Crippen molar-refractivity contribution in [2.75, 3.05) is 5.75 Å². The molecule has 2 rings (SSSR count). The second-order valence-corrected chi connectivity index (χ2v) is 3.24. The van der Waals surface area contributed by atoms with Crippen LogP contribution in [-0.2, 0) is 0 Å². The summed E-state index contributed by atoms with van der Waals surface area (Å²) in [5, 5.41) is 1.25. The SMILES string of the molecule is SCC=Cc1cccc2cc[nH]c12. The molecule has 0 saturated heterocycles. The topological polar surface area (TPSA) is 15.8 Å². The van der Waals surface area contributed by atoms with E-state index in [1.165, 1.54) is 16.5 Å². The van der Waals surface area contributed by atoms with Gasteiger partial charge in [0.25, 0.3) is 0 Å². The van der Waals surface area contributed by atoms with Crippen molar-refractivity contribution >= 4 is 29.6 Å². The van der Waals surface area contributed by atoms with Gasteiger partial charge in [-0.2, -0.15) is 12.6 Å². The first kappa shape index (κ1) is 8.45. The lowest BCUT2D eigenvalue weighted by Gasteiger charge is -1.95. The lowest BCUT2D eigenvalue weighted by atomic mass is 10.1. The van der Waals surface area contributed by atoms with Crippen molar-refractivity contribution in [3.05, 3.63) is 42.1 Å². The predicted molar refractivity (Wildman–Crippen MR) is 61.2 cm³/mol. The summed E-state index contributed by atoms with van der Waals surface area (Å²) in [7, 11) is 0. The highest BCUT2D eigenvalue weighted by molar-refractivity contribution is 7.80. The van der Waals surface area contributed by atoms with Crippen LogP contribution >= 0.6 is 12.6 Å². The molecule has 66 valence electrons. The van der Waals surface area contributed by atoms with Gasteiger partial charge in [0.15, 0.2) is 0 Å². The lowest BCUT2D eigenvalue weighted by Crippen LogP contribution is -1.75. The van der Waals surface area contributed by atoms with Crippen LogP contribution in [0, 0.1) is 0 Å². The fraction of sp³-hybridized carbons (Fsp3) is 0.0909. The molecule has 0 aliphatic rings. The summed E-state index contributed by atoms with van der Waals surface area (Å²) in [6, 6.07) is 8.34. The molecule has 0 atom stereocenters. The van der Waals surface area contributed by atoms with Crippen LogP contribution in [0.5, 0.6) is 0 Å². The molecule has 0 fully saturated rings. The van der Waals surface area contributed by atoms with Gasteiger partial charge in [0.1, 0.15) is 0 Å². The molecule has 0 bridgehead atoms. The summed E-state index contributed by atoms with van der Waals surface area (Å²) in [5.41, 5.74) is 2.41. The Balaban J connectivity index is 2.54. The molecule has 0 saturated carbocycles. The number of thiol groups is 1. The van der Waals surface area contributed by atoms with Gasteiger partial charge in [0, 0.05) is 11.9 Å². The second-order valence-electron chi connectivity index (χ2n) is 2.87. The van der Waals surface area contributed by atoms with Crippen LogP contribution in [0.1, 0.15) is 5.56 Å². The Hall–Kier alpha value is -1.15. The third-order valence-corrected chi connectivity index (χ3v) is 2.23. The molecule has 0 aliphatic heterocycles. The van der Waals surface area contributed by atoms with Crippen LogP contribution in [0.2, 0.25) is 0 Å². The van der Waals surface area contributed by atoms with Crippen LogP contribution in [0.15, 0.2) is 36.5 Å². The summed E-state index contributed by atoms with van der Waals surface area (Å²) in [6.07, 6.45) is 6.09. The molecule has 0 amide bonds. The molecule has 2 heteroatoms.